The fourth-order valence-corrected chi connectivity index (χ4v) is 3.22. The molecule has 3 heterocycles. The Morgan fingerprint density at radius 2 is 2.32 bits per heavy atom. The summed E-state index contributed by atoms with van der Waals surface area (Å²) in [5.41, 5.74) is 2.13. The zero-order valence-electron chi connectivity index (χ0n) is 15.1. The van der Waals surface area contributed by atoms with Gasteiger partial charge in [0.05, 0.1) is 23.9 Å². The molecule has 0 unspecified atom stereocenters. The molecule has 28 heavy (non-hydrogen) atoms. The van der Waals surface area contributed by atoms with E-state index in [1.165, 1.54) is 23.1 Å². The van der Waals surface area contributed by atoms with Gasteiger partial charge >= 0.3 is 6.03 Å². The average molecular weight is 405 g/mol. The maximum Gasteiger partial charge on any atom is 0.327 e. The topological polar surface area (TPSA) is 88.1 Å². The summed E-state index contributed by atoms with van der Waals surface area (Å²) in [5, 5.41) is 14.1. The van der Waals surface area contributed by atoms with Gasteiger partial charge in [0.25, 0.3) is 0 Å². The van der Waals surface area contributed by atoms with E-state index in [0.717, 1.165) is 24.1 Å². The van der Waals surface area contributed by atoms with Crippen LogP contribution >= 0.6 is 11.6 Å². The highest BCUT2D eigenvalue weighted by Gasteiger charge is 2.24. The number of rotatable bonds is 4. The van der Waals surface area contributed by atoms with Gasteiger partial charge in [-0.15, -0.1) is 5.10 Å². The van der Waals surface area contributed by atoms with Crippen LogP contribution in [0, 0.1) is 5.82 Å². The molecule has 1 aliphatic rings. The summed E-state index contributed by atoms with van der Waals surface area (Å²) >= 11 is 5.81. The van der Waals surface area contributed by atoms with Crippen LogP contribution in [0.1, 0.15) is 17.7 Å². The first-order valence-corrected chi connectivity index (χ1v) is 9.11. The highest BCUT2D eigenvalue weighted by atomic mass is 35.5. The van der Waals surface area contributed by atoms with E-state index in [4.69, 9.17) is 16.3 Å². The number of carbonyl (C=O) groups is 1. The van der Waals surface area contributed by atoms with E-state index in [2.05, 4.69) is 20.6 Å². The van der Waals surface area contributed by atoms with Crippen LogP contribution in [0.4, 0.5) is 20.7 Å². The number of hydrogen-bond donors (Lipinski definition) is 2. The molecule has 146 valence electrons. The van der Waals surface area contributed by atoms with Crippen LogP contribution in [0.15, 0.2) is 30.5 Å². The molecule has 4 rings (SSSR count). The SMILES string of the molecule is Cn1ccc(N(Cc2[nH]nc3c2CCCO3)C(=O)Nc2ccc(F)c(Cl)c2)n1. The van der Waals surface area contributed by atoms with Gasteiger partial charge in [-0.05, 0) is 31.0 Å². The van der Waals surface area contributed by atoms with E-state index in [-0.39, 0.29) is 11.6 Å². The number of benzene rings is 1. The van der Waals surface area contributed by atoms with Gasteiger partial charge in [0.1, 0.15) is 5.82 Å². The molecule has 0 bridgehead atoms. The van der Waals surface area contributed by atoms with Gasteiger partial charge in [0.2, 0.25) is 5.88 Å². The van der Waals surface area contributed by atoms with Gasteiger partial charge in [0, 0.05) is 30.6 Å². The van der Waals surface area contributed by atoms with E-state index >= 15 is 0 Å². The summed E-state index contributed by atoms with van der Waals surface area (Å²) in [5.74, 6) is 0.492. The first-order chi connectivity index (χ1) is 13.5. The Kier molecular flexibility index (Phi) is 4.91. The minimum Gasteiger partial charge on any atom is -0.476 e. The van der Waals surface area contributed by atoms with E-state index in [1.54, 1.807) is 24.0 Å². The maximum absolute atomic E-state index is 13.4. The molecule has 0 fully saturated rings. The molecule has 0 saturated heterocycles. The van der Waals surface area contributed by atoms with Crippen molar-refractivity contribution in [3.8, 4) is 5.88 Å². The first-order valence-electron chi connectivity index (χ1n) is 8.73. The van der Waals surface area contributed by atoms with Crippen LogP contribution in [-0.2, 0) is 20.0 Å². The lowest BCUT2D eigenvalue weighted by atomic mass is 10.1. The summed E-state index contributed by atoms with van der Waals surface area (Å²) in [6.45, 7) is 0.858. The predicted octanol–water partition coefficient (Wildman–Crippen LogP) is 3.50. The number of nitrogens with zero attached hydrogens (tertiary/aromatic N) is 4. The number of carbonyl (C=O) groups excluding carboxylic acids is 1. The van der Waals surface area contributed by atoms with Crippen LogP contribution in [-0.4, -0.2) is 32.6 Å². The summed E-state index contributed by atoms with van der Waals surface area (Å²) in [6.07, 6.45) is 3.46. The van der Waals surface area contributed by atoms with E-state index < -0.39 is 11.8 Å². The van der Waals surface area contributed by atoms with Crippen molar-refractivity contribution in [1.82, 2.24) is 20.0 Å². The van der Waals surface area contributed by atoms with Crippen molar-refractivity contribution in [2.45, 2.75) is 19.4 Å². The lowest BCUT2D eigenvalue weighted by Crippen LogP contribution is -2.35. The largest absolute Gasteiger partial charge is 0.476 e. The standard InChI is InChI=1S/C18H18ClFN6O2/c1-25-7-6-16(24-25)26(10-15-12-3-2-8-28-17(12)23-22-15)18(27)21-11-4-5-14(20)13(19)9-11/h4-7,9H,2-3,8,10H2,1H3,(H,21,27)(H,22,23). The molecular formula is C18H18ClFN6O2. The molecule has 1 aliphatic heterocycles. The molecule has 1 aromatic carbocycles. The number of aryl methyl sites for hydroxylation is 1. The first kappa shape index (κ1) is 18.3. The minimum atomic E-state index is -0.551. The number of aromatic nitrogens is 4. The smallest absolute Gasteiger partial charge is 0.327 e. The average Bonchev–Trinajstić information content (AvgIpc) is 3.29. The van der Waals surface area contributed by atoms with Gasteiger partial charge in [-0.2, -0.15) is 5.10 Å². The van der Waals surface area contributed by atoms with E-state index in [0.29, 0.717) is 24.0 Å². The number of urea groups is 1. The molecule has 10 heteroatoms. The summed E-state index contributed by atoms with van der Waals surface area (Å²) in [7, 11) is 1.77. The van der Waals surface area contributed by atoms with E-state index in [1.807, 2.05) is 0 Å². The second kappa shape index (κ2) is 7.51. The van der Waals surface area contributed by atoms with Crippen molar-refractivity contribution in [2.24, 2.45) is 7.05 Å². The highest BCUT2D eigenvalue weighted by Crippen LogP contribution is 2.27. The molecule has 0 aliphatic carbocycles. The fourth-order valence-electron chi connectivity index (χ4n) is 3.03. The third-order valence-electron chi connectivity index (χ3n) is 4.43. The third-order valence-corrected chi connectivity index (χ3v) is 4.72. The van der Waals surface area contributed by atoms with Crippen LogP contribution in [0.2, 0.25) is 5.02 Å². The van der Waals surface area contributed by atoms with Crippen molar-refractivity contribution in [3.05, 3.63) is 52.6 Å². The fraction of sp³-hybridized carbons (Fsp3) is 0.278. The number of anilines is 2. The molecule has 0 saturated carbocycles. The molecule has 8 nitrogen and oxygen atoms in total. The summed E-state index contributed by atoms with van der Waals surface area (Å²) in [6, 6.07) is 5.31. The Hall–Kier alpha value is -3.07. The second-order valence-electron chi connectivity index (χ2n) is 6.43. The highest BCUT2D eigenvalue weighted by molar-refractivity contribution is 6.31. The number of H-pyrrole nitrogens is 1. The third kappa shape index (κ3) is 3.65. The van der Waals surface area contributed by atoms with Crippen LogP contribution in [0.5, 0.6) is 5.88 Å². The molecule has 2 amide bonds. The Morgan fingerprint density at radius 1 is 1.46 bits per heavy atom. The molecule has 0 atom stereocenters. The normalized spacial score (nSPS) is 13.0. The number of ether oxygens (including phenoxy) is 1. The maximum atomic E-state index is 13.4. The van der Waals surface area contributed by atoms with Gasteiger partial charge < -0.3 is 10.1 Å². The second-order valence-corrected chi connectivity index (χ2v) is 6.84. The Bertz CT molecular complexity index is 1020. The summed E-state index contributed by atoms with van der Waals surface area (Å²) < 4.78 is 20.5. The van der Waals surface area contributed by atoms with Crippen molar-refractivity contribution in [1.29, 1.82) is 0 Å². The number of nitrogens with one attached hydrogen (secondary N) is 2. The minimum absolute atomic E-state index is 0.0676. The number of amides is 2. The van der Waals surface area contributed by atoms with Crippen LogP contribution < -0.4 is 15.0 Å². The van der Waals surface area contributed by atoms with Gasteiger partial charge in [-0.3, -0.25) is 14.7 Å². The van der Waals surface area contributed by atoms with Crippen LogP contribution in [0.3, 0.4) is 0 Å². The Labute approximate surface area is 165 Å². The lowest BCUT2D eigenvalue weighted by molar-refractivity contribution is 0.256. The van der Waals surface area contributed by atoms with Gasteiger partial charge in [-0.25, -0.2) is 9.18 Å². The number of fused-ring (bicyclic) bond motifs is 1. The lowest BCUT2D eigenvalue weighted by Gasteiger charge is -2.21. The zero-order valence-corrected chi connectivity index (χ0v) is 15.8. The number of hydrogen-bond acceptors (Lipinski definition) is 4. The molecular weight excluding hydrogens is 387 g/mol. The molecule has 2 N–H and O–H groups in total. The van der Waals surface area contributed by atoms with Crippen molar-refractivity contribution in [2.75, 3.05) is 16.8 Å². The molecule has 0 radical (unpaired) electrons. The predicted molar refractivity (Wildman–Crippen MR) is 102 cm³/mol. The Balaban J connectivity index is 1.61. The van der Waals surface area contributed by atoms with Gasteiger partial charge in [-0.1, -0.05) is 11.6 Å². The van der Waals surface area contributed by atoms with Crippen molar-refractivity contribution < 1.29 is 13.9 Å². The van der Waals surface area contributed by atoms with Gasteiger partial charge in [0.15, 0.2) is 5.82 Å². The number of halogens is 2. The van der Waals surface area contributed by atoms with Crippen molar-refractivity contribution >= 4 is 29.1 Å². The molecule has 0 spiro atoms. The monoisotopic (exact) mass is 404 g/mol. The zero-order chi connectivity index (χ0) is 19.7. The van der Waals surface area contributed by atoms with Crippen LogP contribution in [0.25, 0.3) is 0 Å². The molecule has 3 aromatic rings. The van der Waals surface area contributed by atoms with E-state index in [9.17, 15) is 9.18 Å². The quantitative estimate of drug-likeness (QED) is 0.696. The molecule has 2 aromatic heterocycles. The number of aromatic amines is 1. The Morgan fingerprint density at radius 3 is 3.07 bits per heavy atom. The summed E-state index contributed by atoms with van der Waals surface area (Å²) in [4.78, 5) is 14.4. The van der Waals surface area contributed by atoms with Crippen molar-refractivity contribution in [3.63, 3.8) is 0 Å².